The van der Waals surface area contributed by atoms with Crippen LogP contribution >= 0.6 is 11.6 Å². The maximum atomic E-state index is 7.04. The quantitative estimate of drug-likeness (QED) is 0.654. The van der Waals surface area contributed by atoms with Gasteiger partial charge in [-0.1, -0.05) is 65.8 Å². The Morgan fingerprint density at radius 3 is 2.21 bits per heavy atom. The number of benzene rings is 2. The molecule has 2 aromatic rings. The molecule has 2 aromatic carbocycles. The van der Waals surface area contributed by atoms with Gasteiger partial charge in [0.15, 0.2) is 5.84 Å². The van der Waals surface area contributed by atoms with Crippen molar-refractivity contribution in [1.82, 2.24) is 4.90 Å². The molecule has 0 radical (unpaired) electrons. The maximum Gasteiger partial charge on any atom is 0.217 e. The second-order valence-corrected chi connectivity index (χ2v) is 9.99. The molecule has 0 aromatic heterocycles. The lowest BCUT2D eigenvalue weighted by Crippen LogP contribution is -2.68. The standard InChI is InChI=1S/C24H25ClN2O/c25-23-13-18-11-20(14-23)24(21(12-18)15-23)27(16-17-7-3-1-4-8-17)22(26-28-24)19-9-5-2-6-10-19/h1-10,18,20-21H,11-16H2/t18?,20-,21+,23?,24?. The van der Waals surface area contributed by atoms with Gasteiger partial charge in [-0.3, -0.25) is 0 Å². The minimum absolute atomic E-state index is 0.0149. The first-order chi connectivity index (χ1) is 13.7. The molecule has 4 bridgehead atoms. The van der Waals surface area contributed by atoms with Crippen LogP contribution in [0.25, 0.3) is 0 Å². The van der Waals surface area contributed by atoms with E-state index in [1.165, 1.54) is 24.8 Å². The summed E-state index contributed by atoms with van der Waals surface area (Å²) in [7, 11) is 0. The van der Waals surface area contributed by atoms with Gasteiger partial charge in [0.25, 0.3) is 0 Å². The third kappa shape index (κ3) is 2.38. The molecule has 0 saturated heterocycles. The molecular formula is C24H25ClN2O. The number of amidine groups is 1. The van der Waals surface area contributed by atoms with Gasteiger partial charge in [0.1, 0.15) is 0 Å². The molecule has 4 saturated carbocycles. The zero-order valence-electron chi connectivity index (χ0n) is 15.9. The van der Waals surface area contributed by atoms with E-state index in [1.54, 1.807) is 0 Å². The summed E-state index contributed by atoms with van der Waals surface area (Å²) in [4.78, 5) is 8.93. The Morgan fingerprint density at radius 1 is 0.929 bits per heavy atom. The minimum atomic E-state index is -0.337. The van der Waals surface area contributed by atoms with Crippen LogP contribution in [0.4, 0.5) is 0 Å². The molecule has 5 aliphatic rings. The molecule has 0 amide bonds. The smallest absolute Gasteiger partial charge is 0.217 e. The van der Waals surface area contributed by atoms with Crippen molar-refractivity contribution in [2.45, 2.75) is 49.2 Å². The average molecular weight is 393 g/mol. The van der Waals surface area contributed by atoms with Crippen LogP contribution in [0.15, 0.2) is 65.8 Å². The van der Waals surface area contributed by atoms with Gasteiger partial charge in [-0.05, 0) is 43.6 Å². The van der Waals surface area contributed by atoms with Crippen LogP contribution in [0.2, 0.25) is 0 Å². The normalized spacial score (nSPS) is 38.0. The number of halogens is 1. The number of alkyl halides is 1. The summed E-state index contributed by atoms with van der Waals surface area (Å²) in [5.74, 6) is 2.62. The van der Waals surface area contributed by atoms with Gasteiger partial charge in [0.2, 0.25) is 5.72 Å². The molecule has 28 heavy (non-hydrogen) atoms. The third-order valence-electron chi connectivity index (χ3n) is 7.46. The summed E-state index contributed by atoms with van der Waals surface area (Å²) < 4.78 is 0. The fourth-order valence-corrected chi connectivity index (χ4v) is 7.17. The summed E-state index contributed by atoms with van der Waals surface area (Å²) >= 11 is 7.04. The van der Waals surface area contributed by atoms with Gasteiger partial charge in [0.05, 0.1) is 0 Å². The van der Waals surface area contributed by atoms with Crippen molar-refractivity contribution in [3.8, 4) is 0 Å². The van der Waals surface area contributed by atoms with Gasteiger partial charge in [-0.25, -0.2) is 0 Å². The Bertz CT molecular complexity index is 897. The first-order valence-electron chi connectivity index (χ1n) is 10.5. The van der Waals surface area contributed by atoms with Crippen molar-refractivity contribution in [2.75, 3.05) is 0 Å². The number of oxime groups is 1. The molecule has 7 rings (SSSR count). The fraction of sp³-hybridized carbons (Fsp3) is 0.458. The molecule has 144 valence electrons. The van der Waals surface area contributed by atoms with E-state index in [-0.39, 0.29) is 10.6 Å². The fourth-order valence-electron chi connectivity index (χ4n) is 6.58. The van der Waals surface area contributed by atoms with Crippen LogP contribution in [0, 0.1) is 17.8 Å². The summed E-state index contributed by atoms with van der Waals surface area (Å²) in [6.45, 7) is 0.821. The van der Waals surface area contributed by atoms with Crippen molar-refractivity contribution in [2.24, 2.45) is 22.9 Å². The van der Waals surface area contributed by atoms with Gasteiger partial charge >= 0.3 is 0 Å². The molecule has 0 N–H and O–H groups in total. The number of hydrogen-bond donors (Lipinski definition) is 0. The summed E-state index contributed by atoms with van der Waals surface area (Å²) in [5, 5.41) is 4.71. The molecule has 4 heteroatoms. The highest BCUT2D eigenvalue weighted by atomic mass is 35.5. The van der Waals surface area contributed by atoms with Gasteiger partial charge in [-0.15, -0.1) is 11.6 Å². The molecule has 3 nitrogen and oxygen atoms in total. The van der Waals surface area contributed by atoms with Crippen LogP contribution in [-0.4, -0.2) is 21.3 Å². The molecule has 1 spiro atoms. The van der Waals surface area contributed by atoms with Crippen molar-refractivity contribution < 1.29 is 4.84 Å². The SMILES string of the molecule is ClC12CC3C[C@H](C1)C1(ON=C(c4ccccc4)N1Cc1ccccc1)[C@@H](C3)C2. The van der Waals surface area contributed by atoms with Crippen LogP contribution in [0.5, 0.6) is 0 Å². The maximum absolute atomic E-state index is 7.04. The Balaban J connectivity index is 1.43. The molecule has 1 aliphatic heterocycles. The Hall–Kier alpha value is -2.00. The Labute approximate surface area is 171 Å². The van der Waals surface area contributed by atoms with Crippen molar-refractivity contribution in [3.63, 3.8) is 0 Å². The van der Waals surface area contributed by atoms with E-state index in [9.17, 15) is 0 Å². The monoisotopic (exact) mass is 392 g/mol. The average Bonchev–Trinajstić information content (AvgIpc) is 3.06. The number of rotatable bonds is 3. The lowest BCUT2D eigenvalue weighted by atomic mass is 9.51. The van der Waals surface area contributed by atoms with Gasteiger partial charge in [-0.2, -0.15) is 0 Å². The molecule has 1 heterocycles. The Kier molecular flexibility index (Phi) is 3.62. The van der Waals surface area contributed by atoms with Crippen LogP contribution in [-0.2, 0) is 11.4 Å². The molecule has 4 aliphatic carbocycles. The van der Waals surface area contributed by atoms with Crippen molar-refractivity contribution >= 4 is 17.4 Å². The highest BCUT2D eigenvalue weighted by Gasteiger charge is 2.68. The second kappa shape index (κ2) is 6.00. The zero-order valence-corrected chi connectivity index (χ0v) is 16.7. The van der Waals surface area contributed by atoms with E-state index in [1.807, 2.05) is 0 Å². The molecule has 5 atom stereocenters. The lowest BCUT2D eigenvalue weighted by Gasteiger charge is -2.62. The summed E-state index contributed by atoms with van der Waals surface area (Å²) in [5.41, 5.74) is 2.09. The predicted octanol–water partition coefficient (Wildman–Crippen LogP) is 5.39. The number of nitrogens with zero attached hydrogens (tertiary/aromatic N) is 2. The van der Waals surface area contributed by atoms with Crippen LogP contribution in [0.3, 0.4) is 0 Å². The van der Waals surface area contributed by atoms with E-state index in [2.05, 4.69) is 65.6 Å². The van der Waals surface area contributed by atoms with E-state index in [0.29, 0.717) is 11.8 Å². The van der Waals surface area contributed by atoms with Crippen molar-refractivity contribution in [3.05, 3.63) is 71.8 Å². The topological polar surface area (TPSA) is 24.8 Å². The Morgan fingerprint density at radius 2 is 1.57 bits per heavy atom. The predicted molar refractivity (Wildman–Crippen MR) is 111 cm³/mol. The van der Waals surface area contributed by atoms with Crippen molar-refractivity contribution in [1.29, 1.82) is 0 Å². The highest BCUT2D eigenvalue weighted by Crippen LogP contribution is 2.65. The van der Waals surface area contributed by atoms with E-state index < -0.39 is 0 Å². The largest absolute Gasteiger partial charge is 0.364 e. The summed E-state index contributed by atoms with van der Waals surface area (Å²) in [6.07, 6.45) is 5.71. The lowest BCUT2D eigenvalue weighted by molar-refractivity contribution is -0.242. The zero-order chi connectivity index (χ0) is 18.8. The van der Waals surface area contributed by atoms with E-state index >= 15 is 0 Å². The molecule has 3 unspecified atom stereocenters. The molecule has 4 fully saturated rings. The molecular weight excluding hydrogens is 368 g/mol. The first-order valence-corrected chi connectivity index (χ1v) is 10.9. The summed E-state index contributed by atoms with van der Waals surface area (Å²) in [6, 6.07) is 21.2. The number of hydrogen-bond acceptors (Lipinski definition) is 3. The third-order valence-corrected chi connectivity index (χ3v) is 7.92. The minimum Gasteiger partial charge on any atom is -0.364 e. The first kappa shape index (κ1) is 16.9. The van der Waals surface area contributed by atoms with E-state index in [4.69, 9.17) is 21.6 Å². The van der Waals surface area contributed by atoms with Crippen LogP contribution in [0.1, 0.15) is 43.2 Å². The van der Waals surface area contributed by atoms with Gasteiger partial charge in [0, 0.05) is 28.8 Å². The second-order valence-electron chi connectivity index (χ2n) is 9.19. The van der Waals surface area contributed by atoms with Crippen LogP contribution < -0.4 is 0 Å². The highest BCUT2D eigenvalue weighted by molar-refractivity contribution is 6.24. The van der Waals surface area contributed by atoms with E-state index in [0.717, 1.165) is 36.7 Å². The van der Waals surface area contributed by atoms with Gasteiger partial charge < -0.3 is 9.74 Å².